The van der Waals surface area contributed by atoms with Gasteiger partial charge in [0.1, 0.15) is 5.82 Å². The first kappa shape index (κ1) is 13.5. The zero-order valence-electron chi connectivity index (χ0n) is 11.0. The van der Waals surface area contributed by atoms with Gasteiger partial charge in [0.2, 0.25) is 0 Å². The van der Waals surface area contributed by atoms with Gasteiger partial charge in [0.15, 0.2) is 0 Å². The Balaban J connectivity index is 2.27. The molecule has 1 aromatic carbocycles. The Labute approximate surface area is 108 Å². The maximum Gasteiger partial charge on any atom is 0.128 e. The Morgan fingerprint density at radius 2 is 2.00 bits per heavy atom. The van der Waals surface area contributed by atoms with E-state index in [4.69, 9.17) is 0 Å². The van der Waals surface area contributed by atoms with Gasteiger partial charge in [-0.1, -0.05) is 38.0 Å². The average molecular weight is 251 g/mol. The molecule has 1 aromatic rings. The van der Waals surface area contributed by atoms with Crippen LogP contribution in [0.1, 0.15) is 44.6 Å². The predicted molar refractivity (Wildman–Crippen MR) is 70.8 cm³/mol. The number of hydrogen-bond donors (Lipinski definition) is 2. The van der Waals surface area contributed by atoms with Gasteiger partial charge in [0.05, 0.1) is 12.1 Å². The fourth-order valence-corrected chi connectivity index (χ4v) is 2.92. The number of aliphatic hydroxyl groups excluding tert-OH is 1. The summed E-state index contributed by atoms with van der Waals surface area (Å²) in [5, 5.41) is 13.3. The van der Waals surface area contributed by atoms with Gasteiger partial charge in [-0.2, -0.15) is 0 Å². The molecule has 1 unspecified atom stereocenters. The van der Waals surface area contributed by atoms with Gasteiger partial charge in [-0.25, -0.2) is 4.39 Å². The van der Waals surface area contributed by atoms with Crippen LogP contribution in [0.5, 0.6) is 0 Å². The van der Waals surface area contributed by atoms with Crippen LogP contribution in [0.25, 0.3) is 0 Å². The standard InChI is InChI=1S/C15H22FNO/c1-2-15(11-18,17-12-7-3-4-8-12)13-9-5-6-10-14(13)16/h5-6,9-10,12,17-18H,2-4,7-8,11H2,1H3. The molecular weight excluding hydrogens is 229 g/mol. The molecular formula is C15H22FNO. The molecule has 2 nitrogen and oxygen atoms in total. The highest BCUT2D eigenvalue weighted by Gasteiger charge is 2.34. The van der Waals surface area contributed by atoms with Crippen molar-refractivity contribution in [3.8, 4) is 0 Å². The summed E-state index contributed by atoms with van der Waals surface area (Å²) in [5.41, 5.74) is -0.0534. The molecule has 0 heterocycles. The predicted octanol–water partition coefficient (Wildman–Crippen LogP) is 2.96. The van der Waals surface area contributed by atoms with Gasteiger partial charge in [0, 0.05) is 11.6 Å². The Hall–Kier alpha value is -0.930. The highest BCUT2D eigenvalue weighted by molar-refractivity contribution is 5.26. The summed E-state index contributed by atoms with van der Waals surface area (Å²) in [5.74, 6) is -0.237. The first-order valence-electron chi connectivity index (χ1n) is 6.85. The minimum Gasteiger partial charge on any atom is -0.394 e. The Morgan fingerprint density at radius 3 is 2.56 bits per heavy atom. The lowest BCUT2D eigenvalue weighted by molar-refractivity contribution is 0.138. The van der Waals surface area contributed by atoms with Crippen molar-refractivity contribution >= 4 is 0 Å². The number of halogens is 1. The monoisotopic (exact) mass is 251 g/mol. The summed E-state index contributed by atoms with van der Waals surface area (Å²) in [7, 11) is 0. The Bertz CT molecular complexity index is 384. The lowest BCUT2D eigenvalue weighted by Crippen LogP contribution is -2.50. The van der Waals surface area contributed by atoms with Crippen molar-refractivity contribution in [3.63, 3.8) is 0 Å². The molecule has 0 radical (unpaired) electrons. The largest absolute Gasteiger partial charge is 0.394 e. The first-order valence-corrected chi connectivity index (χ1v) is 6.85. The van der Waals surface area contributed by atoms with Crippen molar-refractivity contribution in [2.24, 2.45) is 0 Å². The number of aliphatic hydroxyl groups is 1. The van der Waals surface area contributed by atoms with Crippen molar-refractivity contribution in [3.05, 3.63) is 35.6 Å². The number of hydrogen-bond acceptors (Lipinski definition) is 2. The van der Waals surface area contributed by atoms with Crippen LogP contribution in [0.2, 0.25) is 0 Å². The molecule has 0 aliphatic heterocycles. The lowest BCUT2D eigenvalue weighted by Gasteiger charge is -2.36. The molecule has 0 spiro atoms. The maximum absolute atomic E-state index is 14.0. The van der Waals surface area contributed by atoms with E-state index in [2.05, 4.69) is 5.32 Å². The normalized spacial score (nSPS) is 19.9. The molecule has 18 heavy (non-hydrogen) atoms. The highest BCUT2D eigenvalue weighted by Crippen LogP contribution is 2.30. The van der Waals surface area contributed by atoms with E-state index >= 15 is 0 Å². The molecule has 0 aromatic heterocycles. The van der Waals surface area contributed by atoms with Crippen molar-refractivity contribution in [1.82, 2.24) is 5.32 Å². The third-order valence-electron chi connectivity index (χ3n) is 4.10. The van der Waals surface area contributed by atoms with E-state index in [1.165, 1.54) is 18.9 Å². The van der Waals surface area contributed by atoms with Gasteiger partial charge in [0.25, 0.3) is 0 Å². The lowest BCUT2D eigenvalue weighted by atomic mass is 9.86. The van der Waals surface area contributed by atoms with E-state index in [1.807, 2.05) is 13.0 Å². The van der Waals surface area contributed by atoms with Crippen molar-refractivity contribution in [1.29, 1.82) is 0 Å². The van der Waals surface area contributed by atoms with Gasteiger partial charge >= 0.3 is 0 Å². The topological polar surface area (TPSA) is 32.3 Å². The summed E-state index contributed by atoms with van der Waals surface area (Å²) < 4.78 is 14.0. The van der Waals surface area contributed by atoms with E-state index in [-0.39, 0.29) is 12.4 Å². The zero-order chi connectivity index (χ0) is 13.0. The zero-order valence-corrected chi connectivity index (χ0v) is 11.0. The average Bonchev–Trinajstić information content (AvgIpc) is 2.90. The number of nitrogens with one attached hydrogen (secondary N) is 1. The fraction of sp³-hybridized carbons (Fsp3) is 0.600. The van der Waals surface area contributed by atoms with E-state index in [0.29, 0.717) is 18.0 Å². The second kappa shape index (κ2) is 5.81. The van der Waals surface area contributed by atoms with Gasteiger partial charge < -0.3 is 10.4 Å². The van der Waals surface area contributed by atoms with Crippen LogP contribution in [0, 0.1) is 5.82 Å². The molecule has 1 atom stereocenters. The summed E-state index contributed by atoms with van der Waals surface area (Å²) in [4.78, 5) is 0. The quantitative estimate of drug-likeness (QED) is 0.843. The smallest absolute Gasteiger partial charge is 0.128 e. The molecule has 1 saturated carbocycles. The van der Waals surface area contributed by atoms with E-state index < -0.39 is 5.54 Å². The summed E-state index contributed by atoms with van der Waals surface area (Å²) >= 11 is 0. The molecule has 1 aliphatic rings. The van der Waals surface area contributed by atoms with Crippen LogP contribution in [0.3, 0.4) is 0 Å². The molecule has 0 saturated heterocycles. The second-order valence-electron chi connectivity index (χ2n) is 5.20. The second-order valence-corrected chi connectivity index (χ2v) is 5.20. The van der Waals surface area contributed by atoms with E-state index in [0.717, 1.165) is 12.8 Å². The third kappa shape index (κ3) is 2.57. The molecule has 1 fully saturated rings. The van der Waals surface area contributed by atoms with Crippen LogP contribution >= 0.6 is 0 Å². The van der Waals surface area contributed by atoms with Crippen LogP contribution in [-0.2, 0) is 5.54 Å². The molecule has 3 heteroatoms. The van der Waals surface area contributed by atoms with E-state index in [9.17, 15) is 9.50 Å². The van der Waals surface area contributed by atoms with Gasteiger partial charge in [-0.15, -0.1) is 0 Å². The summed E-state index contributed by atoms with van der Waals surface area (Å²) in [6.07, 6.45) is 5.37. The van der Waals surface area contributed by atoms with E-state index in [1.54, 1.807) is 12.1 Å². The summed E-state index contributed by atoms with van der Waals surface area (Å²) in [6.45, 7) is 1.92. The third-order valence-corrected chi connectivity index (χ3v) is 4.10. The Kier molecular flexibility index (Phi) is 4.36. The molecule has 0 bridgehead atoms. The molecule has 2 rings (SSSR count). The van der Waals surface area contributed by atoms with Crippen molar-refractivity contribution < 1.29 is 9.50 Å². The fourth-order valence-electron chi connectivity index (χ4n) is 2.92. The van der Waals surface area contributed by atoms with Crippen LogP contribution in [0.4, 0.5) is 4.39 Å². The van der Waals surface area contributed by atoms with Gasteiger partial charge in [-0.05, 0) is 25.3 Å². The van der Waals surface area contributed by atoms with Crippen LogP contribution in [0.15, 0.2) is 24.3 Å². The van der Waals surface area contributed by atoms with Crippen molar-refractivity contribution in [2.75, 3.05) is 6.61 Å². The molecule has 100 valence electrons. The SMILES string of the molecule is CCC(CO)(NC1CCCC1)c1ccccc1F. The molecule has 0 amide bonds. The first-order chi connectivity index (χ1) is 8.72. The molecule has 2 N–H and O–H groups in total. The van der Waals surface area contributed by atoms with Crippen LogP contribution in [-0.4, -0.2) is 17.8 Å². The number of rotatable bonds is 5. The molecule has 1 aliphatic carbocycles. The van der Waals surface area contributed by atoms with Crippen molar-refractivity contribution in [2.45, 2.75) is 50.6 Å². The van der Waals surface area contributed by atoms with Crippen LogP contribution < -0.4 is 5.32 Å². The minimum absolute atomic E-state index is 0.0685. The Morgan fingerprint density at radius 1 is 1.33 bits per heavy atom. The summed E-state index contributed by atoms with van der Waals surface area (Å²) in [6, 6.07) is 7.15. The number of benzene rings is 1. The highest BCUT2D eigenvalue weighted by atomic mass is 19.1. The maximum atomic E-state index is 14.0. The van der Waals surface area contributed by atoms with Gasteiger partial charge in [-0.3, -0.25) is 0 Å². The minimum atomic E-state index is -0.639.